The van der Waals surface area contributed by atoms with Gasteiger partial charge in [-0.3, -0.25) is 15.1 Å². The standard InChI is InChI=1S/C22H19F3N4O/c1-15-7-9-17(10-8-15)20(30)29-21(27-14-16-4-3-11-26-13-16)28-19-6-2-5-18(12-19)22(23,24)25/h2-13H,14H2,1H3,(H2,27,28,29,30). The summed E-state index contributed by atoms with van der Waals surface area (Å²) in [7, 11) is 0. The van der Waals surface area contributed by atoms with Gasteiger partial charge in [0.2, 0.25) is 5.96 Å². The second kappa shape index (κ2) is 9.21. The zero-order valence-electron chi connectivity index (χ0n) is 16.1. The van der Waals surface area contributed by atoms with Gasteiger partial charge in [0, 0.05) is 23.6 Å². The second-order valence-electron chi connectivity index (χ2n) is 6.55. The lowest BCUT2D eigenvalue weighted by molar-refractivity contribution is -0.137. The molecule has 0 spiro atoms. The van der Waals surface area contributed by atoms with Crippen LogP contribution in [0.3, 0.4) is 0 Å². The van der Waals surface area contributed by atoms with Crippen LogP contribution < -0.4 is 10.6 Å². The van der Waals surface area contributed by atoms with E-state index in [4.69, 9.17) is 0 Å². The summed E-state index contributed by atoms with van der Waals surface area (Å²) >= 11 is 0. The maximum Gasteiger partial charge on any atom is 0.416 e. The minimum Gasteiger partial charge on any atom is -0.326 e. The number of carbonyl (C=O) groups is 1. The molecule has 0 saturated carbocycles. The number of hydrogen-bond donors (Lipinski definition) is 2. The van der Waals surface area contributed by atoms with Gasteiger partial charge in [0.25, 0.3) is 5.91 Å². The summed E-state index contributed by atoms with van der Waals surface area (Å²) in [6.07, 6.45) is -1.24. The summed E-state index contributed by atoms with van der Waals surface area (Å²) in [4.78, 5) is 20.9. The fraction of sp³-hybridized carbons (Fsp3) is 0.136. The first-order chi connectivity index (χ1) is 14.3. The van der Waals surface area contributed by atoms with Crippen LogP contribution in [-0.4, -0.2) is 16.9 Å². The van der Waals surface area contributed by atoms with Gasteiger partial charge in [0.1, 0.15) is 0 Å². The molecule has 0 aliphatic carbocycles. The van der Waals surface area contributed by atoms with E-state index in [9.17, 15) is 18.0 Å². The Morgan fingerprint density at radius 2 is 1.83 bits per heavy atom. The molecule has 8 heteroatoms. The summed E-state index contributed by atoms with van der Waals surface area (Å²) < 4.78 is 39.0. The fourth-order valence-corrected chi connectivity index (χ4v) is 2.57. The minimum absolute atomic E-state index is 0.0313. The number of anilines is 1. The van der Waals surface area contributed by atoms with Gasteiger partial charge in [-0.1, -0.05) is 29.8 Å². The monoisotopic (exact) mass is 412 g/mol. The van der Waals surface area contributed by atoms with Crippen LogP contribution in [0, 0.1) is 6.92 Å². The number of amides is 1. The van der Waals surface area contributed by atoms with Crippen molar-refractivity contribution in [3.05, 3.63) is 95.3 Å². The number of nitrogens with one attached hydrogen (secondary N) is 2. The number of guanidine groups is 1. The Bertz CT molecular complexity index is 1030. The third-order valence-corrected chi connectivity index (χ3v) is 4.14. The molecule has 0 fully saturated rings. The first kappa shape index (κ1) is 21.0. The van der Waals surface area contributed by atoms with Crippen molar-refractivity contribution in [3.8, 4) is 0 Å². The first-order valence-corrected chi connectivity index (χ1v) is 9.07. The predicted octanol–water partition coefficient (Wildman–Crippen LogP) is 4.81. The molecule has 0 radical (unpaired) electrons. The number of halogens is 3. The Kier molecular flexibility index (Phi) is 6.46. The number of aliphatic imine (C=N–C) groups is 1. The number of pyridine rings is 1. The fourth-order valence-electron chi connectivity index (χ4n) is 2.57. The second-order valence-corrected chi connectivity index (χ2v) is 6.55. The number of alkyl halides is 3. The Hall–Kier alpha value is -3.68. The van der Waals surface area contributed by atoms with Gasteiger partial charge in [-0.05, 0) is 48.9 Å². The molecule has 1 aromatic heterocycles. The van der Waals surface area contributed by atoms with Crippen LogP contribution in [-0.2, 0) is 12.7 Å². The maximum absolute atomic E-state index is 13.0. The van der Waals surface area contributed by atoms with Crippen molar-refractivity contribution >= 4 is 17.6 Å². The van der Waals surface area contributed by atoms with Gasteiger partial charge in [-0.2, -0.15) is 13.2 Å². The average Bonchev–Trinajstić information content (AvgIpc) is 2.73. The molecular weight excluding hydrogens is 393 g/mol. The predicted molar refractivity (Wildman–Crippen MR) is 109 cm³/mol. The Morgan fingerprint density at radius 1 is 1.07 bits per heavy atom. The molecule has 0 bridgehead atoms. The topological polar surface area (TPSA) is 66.4 Å². The van der Waals surface area contributed by atoms with E-state index in [0.717, 1.165) is 23.3 Å². The van der Waals surface area contributed by atoms with Crippen LogP contribution in [0.1, 0.15) is 27.0 Å². The summed E-state index contributed by atoms with van der Waals surface area (Å²) in [6.45, 7) is 2.08. The highest BCUT2D eigenvalue weighted by Crippen LogP contribution is 2.30. The normalized spacial score (nSPS) is 11.8. The van der Waals surface area contributed by atoms with E-state index in [2.05, 4.69) is 20.6 Å². The summed E-state index contributed by atoms with van der Waals surface area (Å²) in [6, 6.07) is 15.1. The SMILES string of the molecule is Cc1ccc(C(=O)NC(=NCc2cccnc2)Nc2cccc(C(F)(F)F)c2)cc1. The van der Waals surface area contributed by atoms with E-state index in [1.165, 1.54) is 12.1 Å². The van der Waals surface area contributed by atoms with E-state index >= 15 is 0 Å². The van der Waals surface area contributed by atoms with Gasteiger partial charge < -0.3 is 5.32 Å². The molecule has 30 heavy (non-hydrogen) atoms. The van der Waals surface area contributed by atoms with Crippen molar-refractivity contribution in [2.24, 2.45) is 4.99 Å². The third-order valence-electron chi connectivity index (χ3n) is 4.14. The van der Waals surface area contributed by atoms with Gasteiger partial charge in [-0.15, -0.1) is 0 Å². The molecule has 0 atom stereocenters. The molecule has 1 amide bonds. The Balaban J connectivity index is 1.83. The molecule has 3 rings (SSSR count). The highest BCUT2D eigenvalue weighted by molar-refractivity contribution is 6.09. The van der Waals surface area contributed by atoms with Crippen LogP contribution in [0.25, 0.3) is 0 Å². The van der Waals surface area contributed by atoms with E-state index in [-0.39, 0.29) is 18.2 Å². The summed E-state index contributed by atoms with van der Waals surface area (Å²) in [5, 5.41) is 5.40. The quantitative estimate of drug-likeness (QED) is 0.478. The van der Waals surface area contributed by atoms with E-state index in [1.807, 2.05) is 6.92 Å². The van der Waals surface area contributed by atoms with Gasteiger partial charge in [0.15, 0.2) is 0 Å². The molecule has 0 aliphatic heterocycles. The van der Waals surface area contributed by atoms with Gasteiger partial charge >= 0.3 is 6.18 Å². The van der Waals surface area contributed by atoms with Crippen molar-refractivity contribution in [2.75, 3.05) is 5.32 Å². The zero-order chi connectivity index (χ0) is 21.6. The smallest absolute Gasteiger partial charge is 0.326 e. The summed E-state index contributed by atoms with van der Waals surface area (Å²) in [5.41, 5.74) is 1.54. The molecule has 0 unspecified atom stereocenters. The van der Waals surface area contributed by atoms with Crippen molar-refractivity contribution in [3.63, 3.8) is 0 Å². The average molecular weight is 412 g/mol. The minimum atomic E-state index is -4.48. The van der Waals surface area contributed by atoms with Crippen molar-refractivity contribution < 1.29 is 18.0 Å². The third kappa shape index (κ3) is 5.91. The van der Waals surface area contributed by atoms with Crippen molar-refractivity contribution in [2.45, 2.75) is 19.6 Å². The molecule has 2 aromatic carbocycles. The largest absolute Gasteiger partial charge is 0.416 e. The maximum atomic E-state index is 13.0. The number of nitrogens with zero attached hydrogens (tertiary/aromatic N) is 2. The highest BCUT2D eigenvalue weighted by atomic mass is 19.4. The Labute approximate surface area is 171 Å². The molecule has 1 heterocycles. The van der Waals surface area contributed by atoms with Gasteiger partial charge in [0.05, 0.1) is 12.1 Å². The lowest BCUT2D eigenvalue weighted by atomic mass is 10.1. The van der Waals surface area contributed by atoms with Crippen LogP contribution in [0.4, 0.5) is 18.9 Å². The molecule has 5 nitrogen and oxygen atoms in total. The van der Waals surface area contributed by atoms with Crippen molar-refractivity contribution in [1.82, 2.24) is 10.3 Å². The number of benzene rings is 2. The summed E-state index contributed by atoms with van der Waals surface area (Å²) in [5.74, 6) is -0.400. The first-order valence-electron chi connectivity index (χ1n) is 9.07. The lowest BCUT2D eigenvalue weighted by Crippen LogP contribution is -2.36. The molecule has 3 aromatic rings. The molecule has 2 N–H and O–H groups in total. The van der Waals surface area contributed by atoms with E-state index in [1.54, 1.807) is 48.8 Å². The van der Waals surface area contributed by atoms with E-state index in [0.29, 0.717) is 5.56 Å². The number of carbonyl (C=O) groups excluding carboxylic acids is 1. The Morgan fingerprint density at radius 3 is 2.50 bits per heavy atom. The van der Waals surface area contributed by atoms with Crippen molar-refractivity contribution in [1.29, 1.82) is 0 Å². The zero-order valence-corrected chi connectivity index (χ0v) is 16.1. The van der Waals surface area contributed by atoms with E-state index < -0.39 is 17.6 Å². The van der Waals surface area contributed by atoms with Gasteiger partial charge in [-0.25, -0.2) is 4.99 Å². The lowest BCUT2D eigenvalue weighted by Gasteiger charge is -2.14. The van der Waals surface area contributed by atoms with Crippen LogP contribution >= 0.6 is 0 Å². The van der Waals surface area contributed by atoms with Crippen LogP contribution in [0.15, 0.2) is 78.0 Å². The molecule has 154 valence electrons. The number of aryl methyl sites for hydroxylation is 1. The van der Waals surface area contributed by atoms with Crippen LogP contribution in [0.2, 0.25) is 0 Å². The number of rotatable bonds is 4. The number of aromatic nitrogens is 1. The van der Waals surface area contributed by atoms with Crippen LogP contribution in [0.5, 0.6) is 0 Å². The molecular formula is C22H19F3N4O. The number of hydrogen-bond acceptors (Lipinski definition) is 3. The molecule has 0 aliphatic rings. The highest BCUT2D eigenvalue weighted by Gasteiger charge is 2.30. The molecule has 0 saturated heterocycles.